The Morgan fingerprint density at radius 1 is 1.00 bits per heavy atom. The van der Waals surface area contributed by atoms with Crippen molar-refractivity contribution in [2.45, 2.75) is 20.3 Å². The van der Waals surface area contributed by atoms with Crippen molar-refractivity contribution in [1.82, 2.24) is 5.32 Å². The minimum atomic E-state index is -0.768. The zero-order valence-electron chi connectivity index (χ0n) is 16.9. The Labute approximate surface area is 189 Å². The summed E-state index contributed by atoms with van der Waals surface area (Å²) >= 11 is 11.9. The lowest BCUT2D eigenvalue weighted by Gasteiger charge is -2.14. The summed E-state index contributed by atoms with van der Waals surface area (Å²) in [4.78, 5) is 50.6. The van der Waals surface area contributed by atoms with E-state index in [9.17, 15) is 19.2 Å². The molecule has 31 heavy (non-hydrogen) atoms. The zero-order chi connectivity index (χ0) is 22.7. The molecule has 0 atom stereocenters. The molecule has 1 N–H and O–H groups in total. The quantitative estimate of drug-likeness (QED) is 0.493. The van der Waals surface area contributed by atoms with Crippen LogP contribution in [0.4, 0.5) is 5.69 Å². The number of nitrogens with one attached hydrogen (secondary N) is 1. The van der Waals surface area contributed by atoms with E-state index in [2.05, 4.69) is 5.32 Å². The number of ether oxygens (including phenoxy) is 1. The summed E-state index contributed by atoms with van der Waals surface area (Å²) in [5, 5.41) is 3.16. The molecule has 0 spiro atoms. The van der Waals surface area contributed by atoms with Crippen LogP contribution in [-0.4, -0.2) is 36.8 Å². The number of nitrogens with zero attached hydrogens (tertiary/aromatic N) is 1. The molecular formula is C22H20Cl2N2O5. The normalized spacial score (nSPS) is 12.9. The number of fused-ring (bicyclic) bond motifs is 1. The van der Waals surface area contributed by atoms with Gasteiger partial charge in [0.15, 0.2) is 6.61 Å². The van der Waals surface area contributed by atoms with Crippen molar-refractivity contribution in [1.29, 1.82) is 0 Å². The summed E-state index contributed by atoms with van der Waals surface area (Å²) in [6, 6.07) is 8.44. The minimum Gasteiger partial charge on any atom is -0.452 e. The van der Waals surface area contributed by atoms with Crippen LogP contribution < -0.4 is 10.2 Å². The highest BCUT2D eigenvalue weighted by molar-refractivity contribution is 6.42. The first-order valence-electron chi connectivity index (χ1n) is 9.60. The number of hydrogen-bond donors (Lipinski definition) is 1. The van der Waals surface area contributed by atoms with Gasteiger partial charge >= 0.3 is 5.97 Å². The average Bonchev–Trinajstić information content (AvgIpc) is 2.98. The van der Waals surface area contributed by atoms with Gasteiger partial charge in [0.2, 0.25) is 0 Å². The molecule has 3 rings (SSSR count). The molecule has 3 amide bonds. The summed E-state index contributed by atoms with van der Waals surface area (Å²) in [5.74, 6) is -1.87. The Hall–Kier alpha value is -2.90. The summed E-state index contributed by atoms with van der Waals surface area (Å²) in [6.07, 6.45) is 0.815. The van der Waals surface area contributed by atoms with Crippen LogP contribution >= 0.6 is 23.2 Å². The minimum absolute atomic E-state index is 0.0610. The van der Waals surface area contributed by atoms with Gasteiger partial charge in [0.05, 0.1) is 32.4 Å². The van der Waals surface area contributed by atoms with Gasteiger partial charge in [-0.25, -0.2) is 9.69 Å². The molecule has 1 aliphatic rings. The Morgan fingerprint density at radius 2 is 1.71 bits per heavy atom. The number of carbonyl (C=O) groups is 4. The Kier molecular flexibility index (Phi) is 6.97. The van der Waals surface area contributed by atoms with Crippen LogP contribution in [0.15, 0.2) is 36.4 Å². The number of imide groups is 1. The SMILES string of the molecule is CC(C)CCNC(=O)COC(=O)c1ccc2c(c1)C(=O)N(c1ccc(Cl)c(Cl)c1)C2=O. The topological polar surface area (TPSA) is 92.8 Å². The highest BCUT2D eigenvalue weighted by Crippen LogP contribution is 2.33. The van der Waals surface area contributed by atoms with Gasteiger partial charge in [-0.2, -0.15) is 0 Å². The van der Waals surface area contributed by atoms with E-state index in [1.165, 1.54) is 36.4 Å². The predicted octanol–water partition coefficient (Wildman–Crippen LogP) is 4.11. The van der Waals surface area contributed by atoms with Crippen LogP contribution in [0, 0.1) is 5.92 Å². The molecule has 162 valence electrons. The lowest BCUT2D eigenvalue weighted by atomic mass is 10.1. The molecule has 0 unspecified atom stereocenters. The third-order valence-corrected chi connectivity index (χ3v) is 5.40. The van der Waals surface area contributed by atoms with Crippen LogP contribution in [-0.2, 0) is 9.53 Å². The van der Waals surface area contributed by atoms with Crippen LogP contribution in [0.3, 0.4) is 0 Å². The van der Waals surface area contributed by atoms with Crippen LogP contribution in [0.2, 0.25) is 10.0 Å². The lowest BCUT2D eigenvalue weighted by Crippen LogP contribution is -2.30. The molecule has 1 aliphatic heterocycles. The van der Waals surface area contributed by atoms with Gasteiger partial charge in [-0.1, -0.05) is 37.0 Å². The number of anilines is 1. The van der Waals surface area contributed by atoms with Crippen molar-refractivity contribution in [3.63, 3.8) is 0 Å². The molecule has 0 aliphatic carbocycles. The van der Waals surface area contributed by atoms with Gasteiger partial charge in [0.25, 0.3) is 17.7 Å². The average molecular weight is 463 g/mol. The highest BCUT2D eigenvalue weighted by Gasteiger charge is 2.37. The molecule has 0 saturated carbocycles. The number of hydrogen-bond acceptors (Lipinski definition) is 5. The van der Waals surface area contributed by atoms with Crippen molar-refractivity contribution in [2.75, 3.05) is 18.1 Å². The Balaban J connectivity index is 1.70. The van der Waals surface area contributed by atoms with Gasteiger partial charge < -0.3 is 10.1 Å². The van der Waals surface area contributed by atoms with E-state index in [1.807, 2.05) is 13.8 Å². The second kappa shape index (κ2) is 9.49. The third kappa shape index (κ3) is 5.06. The fourth-order valence-corrected chi connectivity index (χ4v) is 3.28. The van der Waals surface area contributed by atoms with Crippen molar-refractivity contribution >= 4 is 52.6 Å². The van der Waals surface area contributed by atoms with Crippen molar-refractivity contribution < 1.29 is 23.9 Å². The first kappa shape index (κ1) is 22.8. The molecule has 0 aromatic heterocycles. The summed E-state index contributed by atoms with van der Waals surface area (Å²) < 4.78 is 5.02. The van der Waals surface area contributed by atoms with Gasteiger partial charge in [-0.15, -0.1) is 0 Å². The van der Waals surface area contributed by atoms with Crippen molar-refractivity contribution in [2.24, 2.45) is 5.92 Å². The first-order valence-corrected chi connectivity index (χ1v) is 10.4. The largest absolute Gasteiger partial charge is 0.452 e. The number of halogens is 2. The second-order valence-corrected chi connectivity index (χ2v) is 8.23. The third-order valence-electron chi connectivity index (χ3n) is 4.66. The maximum absolute atomic E-state index is 12.8. The molecule has 0 fully saturated rings. The van der Waals surface area contributed by atoms with Gasteiger partial charge in [0.1, 0.15) is 0 Å². The maximum atomic E-state index is 12.8. The summed E-state index contributed by atoms with van der Waals surface area (Å²) in [6.45, 7) is 4.13. The first-order chi connectivity index (χ1) is 14.7. The molecule has 2 aromatic rings. The van der Waals surface area contributed by atoms with E-state index >= 15 is 0 Å². The fraction of sp³-hybridized carbons (Fsp3) is 0.273. The van der Waals surface area contributed by atoms with Crippen molar-refractivity contribution in [3.05, 3.63) is 63.1 Å². The smallest absolute Gasteiger partial charge is 0.338 e. The Morgan fingerprint density at radius 3 is 2.39 bits per heavy atom. The molecule has 0 bridgehead atoms. The Bertz CT molecular complexity index is 1070. The fourth-order valence-electron chi connectivity index (χ4n) is 2.99. The molecule has 2 aromatic carbocycles. The van der Waals surface area contributed by atoms with Crippen LogP contribution in [0.25, 0.3) is 0 Å². The highest BCUT2D eigenvalue weighted by atomic mass is 35.5. The van der Waals surface area contributed by atoms with E-state index in [0.717, 1.165) is 11.3 Å². The molecule has 9 heteroatoms. The predicted molar refractivity (Wildman–Crippen MR) is 117 cm³/mol. The number of carbonyl (C=O) groups excluding carboxylic acids is 4. The van der Waals surface area contributed by atoms with E-state index in [4.69, 9.17) is 27.9 Å². The van der Waals surface area contributed by atoms with E-state index in [1.54, 1.807) is 0 Å². The van der Waals surface area contributed by atoms with Gasteiger partial charge in [0, 0.05) is 6.54 Å². The lowest BCUT2D eigenvalue weighted by molar-refractivity contribution is -0.124. The van der Waals surface area contributed by atoms with Crippen molar-refractivity contribution in [3.8, 4) is 0 Å². The van der Waals surface area contributed by atoms with Gasteiger partial charge in [-0.05, 0) is 48.7 Å². The molecule has 1 heterocycles. The monoisotopic (exact) mass is 462 g/mol. The molecule has 0 saturated heterocycles. The van der Waals surface area contributed by atoms with Crippen LogP contribution in [0.1, 0.15) is 51.3 Å². The number of esters is 1. The van der Waals surface area contributed by atoms with Crippen LogP contribution in [0.5, 0.6) is 0 Å². The van der Waals surface area contributed by atoms with E-state index in [0.29, 0.717) is 17.5 Å². The second-order valence-electron chi connectivity index (χ2n) is 7.41. The molecule has 0 radical (unpaired) electrons. The van der Waals surface area contributed by atoms with Gasteiger partial charge in [-0.3, -0.25) is 14.4 Å². The van der Waals surface area contributed by atoms with E-state index in [-0.39, 0.29) is 27.4 Å². The number of benzene rings is 2. The number of amides is 3. The standard InChI is InChI=1S/C22H20Cl2N2O5/c1-12(2)7-8-25-19(27)11-31-22(30)13-3-5-15-16(9-13)21(29)26(20(15)28)14-4-6-17(23)18(24)10-14/h3-6,9-10,12H,7-8,11H2,1-2H3,(H,25,27). The van der Waals surface area contributed by atoms with E-state index < -0.39 is 30.3 Å². The summed E-state index contributed by atoms with van der Waals surface area (Å²) in [7, 11) is 0. The maximum Gasteiger partial charge on any atom is 0.338 e. The summed E-state index contributed by atoms with van der Waals surface area (Å²) in [5.41, 5.74) is 0.541. The molecular weight excluding hydrogens is 443 g/mol. The zero-order valence-corrected chi connectivity index (χ0v) is 18.4. The number of rotatable bonds is 7. The molecule has 7 nitrogen and oxygen atoms in total.